The summed E-state index contributed by atoms with van der Waals surface area (Å²) in [4.78, 5) is 138. The number of unbranched alkanes of at least 4 members (excludes halogenated alkanes) is 1. The van der Waals surface area contributed by atoms with E-state index >= 15 is 0 Å². The van der Waals surface area contributed by atoms with E-state index in [0.717, 1.165) is 5.56 Å². The topological polar surface area (TPSA) is 494 Å². The lowest BCUT2D eigenvalue weighted by Gasteiger charge is -2.26. The zero-order valence-corrected chi connectivity index (χ0v) is 42.7. The van der Waals surface area contributed by atoms with E-state index in [1.54, 1.807) is 38.1 Å². The number of benzene rings is 1. The smallest absolute Gasteiger partial charge is 0.326 e. The minimum absolute atomic E-state index is 0.00519. The SMILES string of the molecule is CC(C)CC(NC(=O)C(C)NC(=O)CNC(=O)C(CCCCN)NC(=O)C(CCCN=C(N)N)NC(=O)C(C)NC(=O)C(N)Cc1ccccc1)C(=O)NC(CCCN=C(N)N)C(=O)NC(CCC(N)=O)C(=O)O. The van der Waals surface area contributed by atoms with E-state index < -0.39 is 114 Å². The Morgan fingerprint density at radius 2 is 1.00 bits per heavy atom. The van der Waals surface area contributed by atoms with Crippen molar-refractivity contribution in [3.05, 3.63) is 35.9 Å². The number of aliphatic imine (C=N–C) groups is 2. The third-order valence-electron chi connectivity index (χ3n) is 11.0. The number of rotatable bonds is 36. The van der Waals surface area contributed by atoms with Crippen LogP contribution in [0.2, 0.25) is 0 Å². The van der Waals surface area contributed by atoms with Gasteiger partial charge in [-0.1, -0.05) is 44.2 Å². The van der Waals surface area contributed by atoms with Crippen LogP contribution in [-0.4, -0.2) is 151 Å². The molecular formula is C46H79N17O11. The Labute approximate surface area is 430 Å². The first-order valence-electron chi connectivity index (χ1n) is 24.4. The second-order valence-electron chi connectivity index (χ2n) is 18.0. The van der Waals surface area contributed by atoms with Gasteiger partial charge < -0.3 is 87.8 Å². The quantitative estimate of drug-likeness (QED) is 0.0170. The highest BCUT2D eigenvalue weighted by atomic mass is 16.4. The zero-order valence-electron chi connectivity index (χ0n) is 42.7. The number of carboxylic acids is 1. The highest BCUT2D eigenvalue weighted by molar-refractivity contribution is 5.97. The summed E-state index contributed by atoms with van der Waals surface area (Å²) in [7, 11) is 0. The Kier molecular flexibility index (Phi) is 30.2. The highest BCUT2D eigenvalue weighted by Gasteiger charge is 2.32. The van der Waals surface area contributed by atoms with Gasteiger partial charge in [0.25, 0.3) is 0 Å². The largest absolute Gasteiger partial charge is 0.480 e. The van der Waals surface area contributed by atoms with Crippen LogP contribution in [-0.2, 0) is 54.4 Å². The molecule has 0 aliphatic carbocycles. The molecule has 9 amide bonds. The second kappa shape index (κ2) is 34.7. The van der Waals surface area contributed by atoms with E-state index in [2.05, 4.69) is 52.5 Å². The van der Waals surface area contributed by atoms with Crippen molar-refractivity contribution >= 4 is 71.1 Å². The van der Waals surface area contributed by atoms with E-state index in [-0.39, 0.29) is 95.3 Å². The van der Waals surface area contributed by atoms with Crippen LogP contribution in [0.1, 0.15) is 97.5 Å². The van der Waals surface area contributed by atoms with Gasteiger partial charge >= 0.3 is 5.97 Å². The number of carbonyl (C=O) groups excluding carboxylic acids is 9. The number of carboxylic acid groups (broad SMARTS) is 1. The first kappa shape index (κ1) is 64.4. The summed E-state index contributed by atoms with van der Waals surface area (Å²) in [5.41, 5.74) is 39.4. The molecule has 23 N–H and O–H groups in total. The molecule has 1 aromatic carbocycles. The maximum Gasteiger partial charge on any atom is 0.326 e. The van der Waals surface area contributed by atoms with Gasteiger partial charge in [-0.15, -0.1) is 0 Å². The Bertz CT molecular complexity index is 2090. The van der Waals surface area contributed by atoms with E-state index in [1.807, 2.05) is 6.07 Å². The molecule has 414 valence electrons. The van der Waals surface area contributed by atoms with Gasteiger partial charge in [0.2, 0.25) is 53.2 Å². The molecule has 0 aliphatic rings. The summed E-state index contributed by atoms with van der Waals surface area (Å²) in [6.45, 7) is 6.03. The molecule has 0 aliphatic heterocycles. The summed E-state index contributed by atoms with van der Waals surface area (Å²) in [6.07, 6.45) is 0.832. The number of hydrogen-bond acceptors (Lipinski definition) is 14. The summed E-state index contributed by atoms with van der Waals surface area (Å²) < 4.78 is 0. The van der Waals surface area contributed by atoms with Gasteiger partial charge in [-0.25, -0.2) is 4.79 Å². The van der Waals surface area contributed by atoms with Crippen LogP contribution in [0.15, 0.2) is 40.3 Å². The Morgan fingerprint density at radius 3 is 1.49 bits per heavy atom. The minimum Gasteiger partial charge on any atom is -0.480 e. The molecule has 0 saturated heterocycles. The van der Waals surface area contributed by atoms with E-state index in [0.29, 0.717) is 12.8 Å². The number of aliphatic carboxylic acids is 1. The van der Waals surface area contributed by atoms with Gasteiger partial charge in [0.15, 0.2) is 11.9 Å². The van der Waals surface area contributed by atoms with Crippen LogP contribution in [0.4, 0.5) is 0 Å². The van der Waals surface area contributed by atoms with Crippen molar-refractivity contribution in [2.24, 2.45) is 56.0 Å². The normalized spacial score (nSPS) is 14.1. The van der Waals surface area contributed by atoms with Gasteiger partial charge in [-0.05, 0) is 96.1 Å². The molecular weight excluding hydrogens is 967 g/mol. The molecule has 0 fully saturated rings. The molecule has 0 radical (unpaired) electrons. The van der Waals surface area contributed by atoms with Crippen LogP contribution in [0, 0.1) is 5.92 Å². The average molecular weight is 1050 g/mol. The van der Waals surface area contributed by atoms with Gasteiger partial charge in [0.1, 0.15) is 42.3 Å². The molecule has 74 heavy (non-hydrogen) atoms. The van der Waals surface area contributed by atoms with E-state index in [9.17, 15) is 53.1 Å². The summed E-state index contributed by atoms with van der Waals surface area (Å²) in [5.74, 6) is -9.09. The molecule has 0 spiro atoms. The third kappa shape index (κ3) is 27.3. The van der Waals surface area contributed by atoms with Crippen molar-refractivity contribution in [3.63, 3.8) is 0 Å². The van der Waals surface area contributed by atoms with Crippen molar-refractivity contribution in [1.82, 2.24) is 42.5 Å². The second-order valence-corrected chi connectivity index (χ2v) is 18.0. The number of nitrogens with zero attached hydrogens (tertiary/aromatic N) is 2. The van der Waals surface area contributed by atoms with Crippen molar-refractivity contribution in [3.8, 4) is 0 Å². The lowest BCUT2D eigenvalue weighted by Crippen LogP contribution is -2.58. The first-order chi connectivity index (χ1) is 34.8. The van der Waals surface area contributed by atoms with Gasteiger partial charge in [-0.2, -0.15) is 0 Å². The number of carbonyl (C=O) groups is 10. The zero-order chi connectivity index (χ0) is 55.9. The van der Waals surface area contributed by atoms with Gasteiger partial charge in [0, 0.05) is 19.5 Å². The highest BCUT2D eigenvalue weighted by Crippen LogP contribution is 2.10. The van der Waals surface area contributed by atoms with Crippen LogP contribution in [0.3, 0.4) is 0 Å². The molecule has 1 aromatic rings. The molecule has 8 unspecified atom stereocenters. The Hall–Kier alpha value is -7.62. The fourth-order valence-electron chi connectivity index (χ4n) is 6.96. The van der Waals surface area contributed by atoms with Gasteiger partial charge in [0.05, 0.1) is 12.6 Å². The first-order valence-corrected chi connectivity index (χ1v) is 24.4. The van der Waals surface area contributed by atoms with Crippen molar-refractivity contribution in [1.29, 1.82) is 0 Å². The molecule has 0 bridgehead atoms. The van der Waals surface area contributed by atoms with Crippen LogP contribution in [0.25, 0.3) is 0 Å². The summed E-state index contributed by atoms with van der Waals surface area (Å²) in [6, 6.07) is -0.957. The monoisotopic (exact) mass is 1050 g/mol. The standard InChI is InChI=1S/C46H79N17O11/c1-25(2)22-34(43(72)61-32(16-11-21-55-46(52)53)42(71)62-33(44(73)74)17-18-35(49)64)63-37(66)26(3)57-36(65)24-56-40(69)30(14-8-9-19-47)60-41(70)31(15-10-20-54-45(50)51)59-38(67)27(4)58-39(68)29(48)23-28-12-6-5-7-13-28/h5-7,12-13,25-27,29-34H,8-11,14-24,47-48H2,1-4H3,(H2,49,64)(H,56,69)(H,57,65)(H,58,68)(H,59,67)(H,60,70)(H,61,72)(H,62,71)(H,63,66)(H,73,74)(H4,50,51,54)(H4,52,53,55). The van der Waals surface area contributed by atoms with E-state index in [4.69, 9.17) is 40.1 Å². The average Bonchev–Trinajstić information content (AvgIpc) is 3.32. The molecule has 8 atom stereocenters. The number of guanidine groups is 2. The maximum atomic E-state index is 13.8. The molecule has 0 aromatic heterocycles. The van der Waals surface area contributed by atoms with Crippen LogP contribution >= 0.6 is 0 Å². The Morgan fingerprint density at radius 1 is 0.541 bits per heavy atom. The molecule has 0 saturated carbocycles. The fraction of sp³-hybridized carbons (Fsp3) is 0.609. The molecule has 1 rings (SSSR count). The molecule has 28 nitrogen and oxygen atoms in total. The Balaban J connectivity index is 3.12. The third-order valence-corrected chi connectivity index (χ3v) is 11.0. The summed E-state index contributed by atoms with van der Waals surface area (Å²) >= 11 is 0. The van der Waals surface area contributed by atoms with Crippen molar-refractivity contribution in [2.75, 3.05) is 26.2 Å². The predicted molar refractivity (Wildman–Crippen MR) is 274 cm³/mol. The number of nitrogens with one attached hydrogen (secondary N) is 8. The van der Waals surface area contributed by atoms with Crippen LogP contribution in [0.5, 0.6) is 0 Å². The lowest BCUT2D eigenvalue weighted by atomic mass is 10.0. The van der Waals surface area contributed by atoms with Crippen molar-refractivity contribution < 1.29 is 53.1 Å². The number of primary amides is 1. The summed E-state index contributed by atoms with van der Waals surface area (Å²) in [5, 5.41) is 29.7. The number of nitrogens with two attached hydrogens (primary N) is 7. The predicted octanol–water partition coefficient (Wildman–Crippen LogP) is -5.26. The van der Waals surface area contributed by atoms with Gasteiger partial charge in [-0.3, -0.25) is 53.1 Å². The maximum absolute atomic E-state index is 13.8. The molecule has 0 heterocycles. The van der Waals surface area contributed by atoms with Crippen LogP contribution < -0.4 is 82.7 Å². The molecule has 28 heteroatoms. The van der Waals surface area contributed by atoms with Crippen molar-refractivity contribution in [2.45, 2.75) is 147 Å². The number of hydrogen-bond donors (Lipinski definition) is 16. The fourth-order valence-corrected chi connectivity index (χ4v) is 6.96. The minimum atomic E-state index is -1.52. The lowest BCUT2D eigenvalue weighted by molar-refractivity contribution is -0.142. The number of amides is 9. The van der Waals surface area contributed by atoms with E-state index in [1.165, 1.54) is 13.8 Å².